The highest BCUT2D eigenvalue weighted by Crippen LogP contribution is 2.18. The van der Waals surface area contributed by atoms with Gasteiger partial charge >= 0.3 is 5.97 Å². The average Bonchev–Trinajstić information content (AvgIpc) is 2.84. The first-order valence-electron chi connectivity index (χ1n) is 11.0. The lowest BCUT2D eigenvalue weighted by atomic mass is 10.0. The summed E-state index contributed by atoms with van der Waals surface area (Å²) < 4.78 is 5.41. The van der Waals surface area contributed by atoms with Crippen LogP contribution in [0.2, 0.25) is 0 Å². The monoisotopic (exact) mass is 465 g/mol. The van der Waals surface area contributed by atoms with Crippen LogP contribution in [0.25, 0.3) is 0 Å². The van der Waals surface area contributed by atoms with Gasteiger partial charge in [0.15, 0.2) is 0 Å². The van der Waals surface area contributed by atoms with Crippen molar-refractivity contribution in [3.05, 3.63) is 86.2 Å². The molecule has 34 heavy (non-hydrogen) atoms. The molecule has 0 bridgehead atoms. The minimum Gasteiger partial charge on any atom is -0.480 e. The lowest BCUT2D eigenvalue weighted by Crippen LogP contribution is -2.42. The molecule has 0 spiro atoms. The second-order valence-corrected chi connectivity index (χ2v) is 7.80. The topological polar surface area (TPSA) is 134 Å². The third-order valence-corrected chi connectivity index (χ3v) is 5.10. The molecule has 0 heterocycles. The van der Waals surface area contributed by atoms with Crippen molar-refractivity contribution in [1.82, 2.24) is 0 Å². The van der Waals surface area contributed by atoms with Crippen molar-refractivity contribution in [2.45, 2.75) is 32.4 Å². The molecule has 9 nitrogen and oxygen atoms in total. The zero-order valence-electron chi connectivity index (χ0n) is 18.8. The quantitative estimate of drug-likeness (QED) is 0.283. The van der Waals surface area contributed by atoms with E-state index in [2.05, 4.69) is 16.0 Å². The van der Waals surface area contributed by atoms with Crippen LogP contribution in [0.4, 0.5) is 17.1 Å². The van der Waals surface area contributed by atoms with Crippen molar-refractivity contribution >= 4 is 28.9 Å². The second-order valence-electron chi connectivity index (χ2n) is 7.80. The van der Waals surface area contributed by atoms with Gasteiger partial charge in [0, 0.05) is 18.7 Å². The molecule has 0 radical (unpaired) electrons. The van der Waals surface area contributed by atoms with E-state index in [1.54, 1.807) is 24.3 Å². The predicted octanol–water partition coefficient (Wildman–Crippen LogP) is 2.37. The zero-order chi connectivity index (χ0) is 24.5. The average molecular weight is 466 g/mol. The van der Waals surface area contributed by atoms with E-state index in [0.29, 0.717) is 24.4 Å². The number of carboxylic acids is 1. The van der Waals surface area contributed by atoms with Gasteiger partial charge in [0.05, 0.1) is 6.61 Å². The van der Waals surface area contributed by atoms with E-state index in [4.69, 9.17) is 4.74 Å². The maximum atomic E-state index is 12.1. The number of ether oxygens (including phenoxy) is 1. The smallest absolute Gasteiger partial charge is 0.326 e. The molecule has 1 unspecified atom stereocenters. The molecule has 0 saturated carbocycles. The molecule has 9 heteroatoms. The SMILES string of the molecule is CCCNc1c(NC(Cc2ccc(NC(=O)COCc3ccccc3)cc2)C(=O)O)c(=O)c1=O. The Morgan fingerprint density at radius 3 is 2.26 bits per heavy atom. The Morgan fingerprint density at radius 2 is 1.62 bits per heavy atom. The van der Waals surface area contributed by atoms with E-state index in [-0.39, 0.29) is 30.3 Å². The highest BCUT2D eigenvalue weighted by atomic mass is 16.5. The number of nitrogens with one attached hydrogen (secondary N) is 3. The number of aliphatic carboxylic acids is 1. The summed E-state index contributed by atoms with van der Waals surface area (Å²) >= 11 is 0. The Labute approximate surface area is 196 Å². The number of rotatable bonds is 13. The maximum absolute atomic E-state index is 12.1. The maximum Gasteiger partial charge on any atom is 0.326 e. The van der Waals surface area contributed by atoms with Gasteiger partial charge in [-0.1, -0.05) is 49.4 Å². The molecule has 3 rings (SSSR count). The molecule has 0 saturated heterocycles. The lowest BCUT2D eigenvalue weighted by Gasteiger charge is -2.20. The van der Waals surface area contributed by atoms with Crippen LogP contribution in [0, 0.1) is 0 Å². The van der Waals surface area contributed by atoms with Crippen LogP contribution in [0.15, 0.2) is 64.2 Å². The molecular formula is C25H27N3O6. The third kappa shape index (κ3) is 6.52. The van der Waals surface area contributed by atoms with Crippen LogP contribution in [0.3, 0.4) is 0 Å². The van der Waals surface area contributed by atoms with Crippen LogP contribution in [0.1, 0.15) is 24.5 Å². The minimum atomic E-state index is -1.15. The molecule has 0 aliphatic heterocycles. The molecule has 3 aromatic carbocycles. The van der Waals surface area contributed by atoms with Gasteiger partial charge in [0.25, 0.3) is 10.9 Å². The third-order valence-electron chi connectivity index (χ3n) is 5.10. The van der Waals surface area contributed by atoms with Crippen molar-refractivity contribution in [3.8, 4) is 0 Å². The van der Waals surface area contributed by atoms with E-state index in [1.807, 2.05) is 37.3 Å². The van der Waals surface area contributed by atoms with Crippen LogP contribution in [-0.2, 0) is 27.4 Å². The van der Waals surface area contributed by atoms with Crippen molar-refractivity contribution in [1.29, 1.82) is 0 Å². The van der Waals surface area contributed by atoms with Crippen LogP contribution < -0.4 is 26.8 Å². The molecule has 0 aliphatic rings. The lowest BCUT2D eigenvalue weighted by molar-refractivity contribution is -0.137. The number of carbonyl (C=O) groups excluding carboxylic acids is 1. The van der Waals surface area contributed by atoms with Gasteiger partial charge in [-0.15, -0.1) is 0 Å². The molecule has 0 aromatic heterocycles. The number of amides is 1. The highest BCUT2D eigenvalue weighted by Gasteiger charge is 2.26. The van der Waals surface area contributed by atoms with Crippen LogP contribution in [-0.4, -0.2) is 36.2 Å². The molecular weight excluding hydrogens is 438 g/mol. The summed E-state index contributed by atoms with van der Waals surface area (Å²) in [5.74, 6) is -1.46. The van der Waals surface area contributed by atoms with Gasteiger partial charge in [-0.25, -0.2) is 4.79 Å². The number of carboxylic acid groups (broad SMARTS) is 1. The molecule has 0 aliphatic carbocycles. The summed E-state index contributed by atoms with van der Waals surface area (Å²) in [6, 6.07) is 15.1. The Kier molecular flexibility index (Phi) is 8.53. The molecule has 178 valence electrons. The standard InChI is InChI=1S/C25H27N3O6/c1-2-12-26-21-22(24(31)23(21)30)28-19(25(32)33)13-16-8-10-18(11-9-16)27-20(29)15-34-14-17-6-4-3-5-7-17/h3-11,19,26,28H,2,12-15H2,1H3,(H,27,29)(H,32,33). The number of carbonyl (C=O) groups is 2. The van der Waals surface area contributed by atoms with E-state index in [1.165, 1.54) is 0 Å². The Hall–Kier alpha value is -3.98. The van der Waals surface area contributed by atoms with Crippen LogP contribution in [0.5, 0.6) is 0 Å². The van der Waals surface area contributed by atoms with Gasteiger partial charge in [0.2, 0.25) is 5.91 Å². The summed E-state index contributed by atoms with van der Waals surface area (Å²) in [5.41, 5.74) is 0.963. The van der Waals surface area contributed by atoms with Crippen molar-refractivity contribution in [2.75, 3.05) is 29.1 Å². The number of hydrogen-bond acceptors (Lipinski definition) is 7. The molecule has 1 amide bonds. The first kappa shape index (κ1) is 24.7. The van der Waals surface area contributed by atoms with Crippen LogP contribution >= 0.6 is 0 Å². The van der Waals surface area contributed by atoms with E-state index in [0.717, 1.165) is 12.0 Å². The summed E-state index contributed by atoms with van der Waals surface area (Å²) in [5, 5.41) is 17.9. The summed E-state index contributed by atoms with van der Waals surface area (Å²) in [6.45, 7) is 2.65. The predicted molar refractivity (Wildman–Crippen MR) is 130 cm³/mol. The summed E-state index contributed by atoms with van der Waals surface area (Å²) in [6.07, 6.45) is 0.832. The first-order valence-corrected chi connectivity index (χ1v) is 11.0. The van der Waals surface area contributed by atoms with E-state index >= 15 is 0 Å². The summed E-state index contributed by atoms with van der Waals surface area (Å²) in [7, 11) is 0. The van der Waals surface area contributed by atoms with Crippen molar-refractivity contribution < 1.29 is 19.4 Å². The second kappa shape index (κ2) is 11.8. The molecule has 4 N–H and O–H groups in total. The van der Waals surface area contributed by atoms with E-state index < -0.39 is 22.9 Å². The summed E-state index contributed by atoms with van der Waals surface area (Å²) in [4.78, 5) is 47.5. The van der Waals surface area contributed by atoms with Gasteiger partial charge < -0.3 is 25.8 Å². The molecule has 0 fully saturated rings. The minimum absolute atomic E-state index is 0.00485. The highest BCUT2D eigenvalue weighted by molar-refractivity contribution is 5.91. The Bertz CT molecular complexity index is 1180. The Balaban J connectivity index is 1.53. The van der Waals surface area contributed by atoms with Crippen molar-refractivity contribution in [3.63, 3.8) is 0 Å². The van der Waals surface area contributed by atoms with Crippen molar-refractivity contribution in [2.24, 2.45) is 0 Å². The zero-order valence-corrected chi connectivity index (χ0v) is 18.8. The van der Waals surface area contributed by atoms with Gasteiger partial charge in [0.1, 0.15) is 24.0 Å². The fraction of sp³-hybridized carbons (Fsp3) is 0.280. The fourth-order valence-electron chi connectivity index (χ4n) is 3.32. The fourth-order valence-corrected chi connectivity index (χ4v) is 3.32. The number of hydrogen-bond donors (Lipinski definition) is 4. The van der Waals surface area contributed by atoms with Gasteiger partial charge in [-0.3, -0.25) is 14.4 Å². The largest absolute Gasteiger partial charge is 0.480 e. The molecule has 1 atom stereocenters. The van der Waals surface area contributed by atoms with Gasteiger partial charge in [-0.05, 0) is 29.7 Å². The van der Waals surface area contributed by atoms with Gasteiger partial charge in [-0.2, -0.15) is 0 Å². The molecule has 3 aromatic rings. The first-order chi connectivity index (χ1) is 16.4. The normalized spacial score (nSPS) is 11.7. The van der Waals surface area contributed by atoms with E-state index in [9.17, 15) is 24.3 Å². The Morgan fingerprint density at radius 1 is 0.941 bits per heavy atom. The number of benzene rings is 2. The number of anilines is 3.